The van der Waals surface area contributed by atoms with E-state index in [1.165, 1.54) is 12.1 Å². The van der Waals surface area contributed by atoms with Crippen molar-refractivity contribution < 1.29 is 27.9 Å². The minimum Gasteiger partial charge on any atom is -0.478 e. The third kappa shape index (κ3) is 5.86. The van der Waals surface area contributed by atoms with Gasteiger partial charge in [-0.1, -0.05) is 74.9 Å². The Morgan fingerprint density at radius 3 is 2.52 bits per heavy atom. The number of carboxylic acids is 1. The van der Waals surface area contributed by atoms with Crippen molar-refractivity contribution in [2.75, 3.05) is 0 Å². The van der Waals surface area contributed by atoms with Crippen molar-refractivity contribution in [1.29, 1.82) is 0 Å². The smallest absolute Gasteiger partial charge is 0.416 e. The molecular formula is C33H30F3N3O3. The lowest BCUT2D eigenvalue weighted by atomic mass is 9.76. The molecule has 6 nitrogen and oxygen atoms in total. The highest BCUT2D eigenvalue weighted by Gasteiger charge is 2.33. The molecule has 1 aromatic heterocycles. The number of carboxylic acid groups (broad SMARTS) is 1. The predicted molar refractivity (Wildman–Crippen MR) is 155 cm³/mol. The molecule has 1 amide bonds. The Hall–Kier alpha value is -4.66. The second-order valence-electron chi connectivity index (χ2n) is 10.5. The number of nitrogens with zero attached hydrogens (tertiary/aromatic N) is 1. The molecule has 0 spiro atoms. The monoisotopic (exact) mass is 573 g/mol. The van der Waals surface area contributed by atoms with E-state index in [2.05, 4.69) is 15.3 Å². The second-order valence-corrected chi connectivity index (χ2v) is 10.5. The lowest BCUT2D eigenvalue weighted by molar-refractivity contribution is -0.137. The van der Waals surface area contributed by atoms with Crippen molar-refractivity contribution in [3.8, 4) is 0 Å². The van der Waals surface area contributed by atoms with Crippen LogP contribution >= 0.6 is 0 Å². The maximum atomic E-state index is 13.3. The number of benzene rings is 3. The van der Waals surface area contributed by atoms with Gasteiger partial charge in [-0.3, -0.25) is 4.79 Å². The molecule has 1 unspecified atom stereocenters. The highest BCUT2D eigenvalue weighted by molar-refractivity contribution is 5.99. The Labute approximate surface area is 241 Å². The van der Waals surface area contributed by atoms with Crippen molar-refractivity contribution in [2.24, 2.45) is 5.92 Å². The number of halogens is 3. The number of rotatable bonds is 8. The van der Waals surface area contributed by atoms with Crippen LogP contribution in [0.5, 0.6) is 0 Å². The van der Waals surface area contributed by atoms with E-state index >= 15 is 0 Å². The average Bonchev–Trinajstić information content (AvgIpc) is 3.40. The van der Waals surface area contributed by atoms with Gasteiger partial charge in [0.25, 0.3) is 5.91 Å². The van der Waals surface area contributed by atoms with E-state index < -0.39 is 23.6 Å². The molecule has 3 atom stereocenters. The van der Waals surface area contributed by atoms with Gasteiger partial charge in [0.1, 0.15) is 5.82 Å². The number of aromatic nitrogens is 2. The number of imidazole rings is 1. The lowest BCUT2D eigenvalue weighted by Gasteiger charge is -2.28. The topological polar surface area (TPSA) is 95.1 Å². The fraction of sp³-hybridized carbons (Fsp3) is 0.242. The summed E-state index contributed by atoms with van der Waals surface area (Å²) in [6, 6.07) is 17.3. The van der Waals surface area contributed by atoms with Crippen LogP contribution in [0.25, 0.3) is 16.6 Å². The van der Waals surface area contributed by atoms with E-state index in [0.29, 0.717) is 22.5 Å². The van der Waals surface area contributed by atoms with E-state index in [-0.39, 0.29) is 34.5 Å². The summed E-state index contributed by atoms with van der Waals surface area (Å²) in [4.78, 5) is 33.3. The average molecular weight is 574 g/mol. The van der Waals surface area contributed by atoms with Gasteiger partial charge in [-0.15, -0.1) is 0 Å². The molecular weight excluding hydrogens is 543 g/mol. The first-order valence-electron chi connectivity index (χ1n) is 13.8. The summed E-state index contributed by atoms with van der Waals surface area (Å²) in [5, 5.41) is 13.3. The van der Waals surface area contributed by atoms with Crippen LogP contribution in [0.2, 0.25) is 0 Å². The summed E-state index contributed by atoms with van der Waals surface area (Å²) in [5.74, 6) is -1.84. The van der Waals surface area contributed by atoms with Gasteiger partial charge >= 0.3 is 12.1 Å². The Kier molecular flexibility index (Phi) is 8.02. The van der Waals surface area contributed by atoms with Gasteiger partial charge in [0.2, 0.25) is 0 Å². The Bertz CT molecular complexity index is 1690. The van der Waals surface area contributed by atoms with Crippen LogP contribution in [0.3, 0.4) is 0 Å². The van der Waals surface area contributed by atoms with Gasteiger partial charge in [0.05, 0.1) is 28.2 Å². The first kappa shape index (κ1) is 28.9. The minimum absolute atomic E-state index is 0.0251. The molecule has 3 aromatic carbocycles. The highest BCUT2D eigenvalue weighted by atomic mass is 19.4. The predicted octanol–water partition coefficient (Wildman–Crippen LogP) is 7.92. The van der Waals surface area contributed by atoms with Gasteiger partial charge in [-0.25, -0.2) is 9.78 Å². The fourth-order valence-corrected chi connectivity index (χ4v) is 5.52. The molecule has 1 aliphatic carbocycles. The number of H-pyrrole nitrogens is 1. The number of aromatic carboxylic acids is 1. The van der Waals surface area contributed by atoms with Gasteiger partial charge in [-0.2, -0.15) is 13.2 Å². The van der Waals surface area contributed by atoms with Gasteiger partial charge < -0.3 is 15.4 Å². The normalized spacial score (nSPS) is 17.6. The van der Waals surface area contributed by atoms with Crippen LogP contribution in [-0.2, 0) is 6.18 Å². The van der Waals surface area contributed by atoms with Crippen LogP contribution < -0.4 is 5.32 Å². The van der Waals surface area contributed by atoms with Crippen molar-refractivity contribution in [1.82, 2.24) is 15.3 Å². The van der Waals surface area contributed by atoms with E-state index in [1.807, 2.05) is 56.3 Å². The molecule has 0 bridgehead atoms. The molecule has 0 radical (unpaired) electrons. The Balaban J connectivity index is 1.49. The number of fused-ring (bicyclic) bond motifs is 1. The summed E-state index contributed by atoms with van der Waals surface area (Å²) in [7, 11) is 0. The number of carbonyl (C=O) groups is 2. The lowest BCUT2D eigenvalue weighted by Crippen LogP contribution is -2.29. The van der Waals surface area contributed by atoms with E-state index in [0.717, 1.165) is 30.5 Å². The first-order chi connectivity index (χ1) is 20.1. The molecule has 1 aliphatic rings. The Morgan fingerprint density at radius 1 is 1.07 bits per heavy atom. The molecule has 0 fully saturated rings. The number of hydrogen-bond donors (Lipinski definition) is 3. The zero-order valence-electron chi connectivity index (χ0n) is 23.1. The molecule has 5 rings (SSSR count). The molecule has 9 heteroatoms. The number of nitrogens with one attached hydrogen (secondary N) is 2. The van der Waals surface area contributed by atoms with Crippen molar-refractivity contribution in [3.63, 3.8) is 0 Å². The zero-order valence-corrected chi connectivity index (χ0v) is 23.1. The SMILES string of the molecule is CCC[C@@H](NC(=O)c1ccc([C@@H]2C(c3nc4ccc(C(F)(F)F)cc4[nH]3)=CC=CC2C)c(C(=O)O)c1)c1ccccc1. The van der Waals surface area contributed by atoms with Crippen LogP contribution in [-0.4, -0.2) is 27.0 Å². The van der Waals surface area contributed by atoms with Crippen LogP contribution in [0.4, 0.5) is 13.2 Å². The number of carbonyl (C=O) groups excluding carboxylic acids is 1. The molecule has 0 aliphatic heterocycles. The standard InChI is InChI=1S/C33H30F3N3O3/c1-3-8-26(20-10-5-4-6-11-20)39-31(40)21-13-15-23(25(17-21)32(41)42)29-19(2)9-7-12-24(29)30-37-27-16-14-22(33(34,35)36)18-28(27)38-30/h4-7,9-19,26,29H,3,8H2,1-2H3,(H,37,38)(H,39,40)(H,41,42)/t19?,26-,29-/m1/s1. The van der Waals surface area contributed by atoms with Crippen LogP contribution in [0, 0.1) is 5.92 Å². The quantitative estimate of drug-likeness (QED) is 0.200. The zero-order chi connectivity index (χ0) is 30.0. The fourth-order valence-electron chi connectivity index (χ4n) is 5.52. The second kappa shape index (κ2) is 11.7. The molecule has 1 heterocycles. The molecule has 42 heavy (non-hydrogen) atoms. The van der Waals surface area contributed by atoms with Crippen molar-refractivity contribution in [2.45, 2.75) is 44.8 Å². The van der Waals surface area contributed by atoms with E-state index in [1.54, 1.807) is 18.2 Å². The number of aromatic amines is 1. The first-order valence-corrected chi connectivity index (χ1v) is 13.8. The van der Waals surface area contributed by atoms with Gasteiger partial charge in [0, 0.05) is 17.1 Å². The maximum Gasteiger partial charge on any atom is 0.416 e. The van der Waals surface area contributed by atoms with Gasteiger partial charge in [0.15, 0.2) is 0 Å². The molecule has 216 valence electrons. The highest BCUT2D eigenvalue weighted by Crippen LogP contribution is 2.42. The summed E-state index contributed by atoms with van der Waals surface area (Å²) < 4.78 is 39.8. The molecule has 0 saturated carbocycles. The van der Waals surface area contributed by atoms with Gasteiger partial charge in [-0.05, 0) is 53.8 Å². The summed E-state index contributed by atoms with van der Waals surface area (Å²) in [6.07, 6.45) is 2.62. The molecule has 3 N–H and O–H groups in total. The summed E-state index contributed by atoms with van der Waals surface area (Å²) in [5.41, 5.74) is 2.09. The number of alkyl halides is 3. The minimum atomic E-state index is -4.49. The summed E-state index contributed by atoms with van der Waals surface area (Å²) >= 11 is 0. The van der Waals surface area contributed by atoms with E-state index in [9.17, 15) is 27.9 Å². The number of allylic oxidation sites excluding steroid dienone is 4. The maximum absolute atomic E-state index is 13.3. The third-order valence-electron chi connectivity index (χ3n) is 7.60. The number of hydrogen-bond acceptors (Lipinski definition) is 3. The van der Waals surface area contributed by atoms with Crippen molar-refractivity contribution in [3.05, 3.63) is 119 Å². The van der Waals surface area contributed by atoms with E-state index in [4.69, 9.17) is 0 Å². The molecule has 0 saturated heterocycles. The molecule has 4 aromatic rings. The van der Waals surface area contributed by atoms with Crippen molar-refractivity contribution >= 4 is 28.5 Å². The number of amides is 1. The largest absolute Gasteiger partial charge is 0.478 e. The third-order valence-corrected chi connectivity index (χ3v) is 7.60. The van der Waals surface area contributed by atoms with Crippen LogP contribution in [0.1, 0.15) is 81.9 Å². The Morgan fingerprint density at radius 2 is 1.83 bits per heavy atom. The van der Waals surface area contributed by atoms with Crippen LogP contribution in [0.15, 0.2) is 85.0 Å². The summed E-state index contributed by atoms with van der Waals surface area (Å²) in [6.45, 7) is 3.96.